The minimum Gasteiger partial charge on any atom is -0.369 e. The van der Waals surface area contributed by atoms with Crippen LogP contribution in [0.15, 0.2) is 47.5 Å². The summed E-state index contributed by atoms with van der Waals surface area (Å²) in [4.78, 5) is 10.6. The molecule has 1 atom stereocenters. The summed E-state index contributed by atoms with van der Waals surface area (Å²) in [5.41, 5.74) is 14.7. The van der Waals surface area contributed by atoms with Gasteiger partial charge in [0.25, 0.3) is 0 Å². The van der Waals surface area contributed by atoms with E-state index in [0.29, 0.717) is 11.8 Å². The Morgan fingerprint density at radius 1 is 1.11 bits per heavy atom. The zero-order chi connectivity index (χ0) is 13.4. The Kier molecular flexibility index (Phi) is 2.68. The van der Waals surface area contributed by atoms with Gasteiger partial charge in [0, 0.05) is 18.2 Å². The molecule has 1 aliphatic heterocycles. The number of rotatable bonds is 1. The fourth-order valence-electron chi connectivity index (χ4n) is 2.09. The molecule has 19 heavy (non-hydrogen) atoms. The maximum absolute atomic E-state index is 6.09. The van der Waals surface area contributed by atoms with Crippen LogP contribution in [0.3, 0.4) is 0 Å². The summed E-state index contributed by atoms with van der Waals surface area (Å²) in [6, 6.07) is 13.9. The van der Waals surface area contributed by atoms with E-state index < -0.39 is 0 Å². The van der Waals surface area contributed by atoms with E-state index in [1.807, 2.05) is 49.5 Å². The zero-order valence-electron chi connectivity index (χ0n) is 10.6. The summed E-state index contributed by atoms with van der Waals surface area (Å²) in [5, 5.41) is 0. The second-order valence-corrected chi connectivity index (χ2v) is 4.50. The van der Waals surface area contributed by atoms with Crippen LogP contribution < -0.4 is 11.5 Å². The van der Waals surface area contributed by atoms with Crippen LogP contribution in [-0.2, 0) is 0 Å². The first-order chi connectivity index (χ1) is 9.16. The molecule has 1 aromatic carbocycles. The minimum atomic E-state index is -0.301. The Balaban J connectivity index is 2.10. The molecule has 1 aliphatic rings. The lowest BCUT2D eigenvalue weighted by Crippen LogP contribution is -2.43. The largest absolute Gasteiger partial charge is 0.369 e. The topological polar surface area (TPSA) is 80.5 Å². The number of aliphatic imine (C=N–C) groups is 1. The Labute approximate surface area is 111 Å². The van der Waals surface area contributed by atoms with Crippen molar-refractivity contribution in [3.63, 3.8) is 0 Å². The first-order valence-corrected chi connectivity index (χ1v) is 6.06. The van der Waals surface area contributed by atoms with Gasteiger partial charge in [-0.05, 0) is 12.1 Å². The van der Waals surface area contributed by atoms with Crippen molar-refractivity contribution in [3.05, 3.63) is 48.0 Å². The van der Waals surface area contributed by atoms with E-state index in [4.69, 9.17) is 11.5 Å². The van der Waals surface area contributed by atoms with Gasteiger partial charge in [-0.1, -0.05) is 30.3 Å². The van der Waals surface area contributed by atoms with Crippen molar-refractivity contribution in [2.24, 2.45) is 16.5 Å². The zero-order valence-corrected chi connectivity index (χ0v) is 10.6. The number of hydrogen-bond donors (Lipinski definition) is 2. The van der Waals surface area contributed by atoms with Crippen molar-refractivity contribution < 1.29 is 0 Å². The Bertz CT molecular complexity index is 636. The van der Waals surface area contributed by atoms with Gasteiger partial charge < -0.3 is 16.4 Å². The third-order valence-electron chi connectivity index (χ3n) is 3.29. The second-order valence-electron chi connectivity index (χ2n) is 4.50. The maximum atomic E-state index is 6.09. The van der Waals surface area contributed by atoms with Gasteiger partial charge in [0.2, 0.25) is 0 Å². The first kappa shape index (κ1) is 11.7. The molecule has 0 amide bonds. The first-order valence-electron chi connectivity index (χ1n) is 6.06. The van der Waals surface area contributed by atoms with Gasteiger partial charge >= 0.3 is 0 Å². The Morgan fingerprint density at radius 3 is 2.58 bits per heavy atom. The molecule has 0 spiro atoms. The van der Waals surface area contributed by atoms with E-state index in [2.05, 4.69) is 9.98 Å². The summed E-state index contributed by atoms with van der Waals surface area (Å²) in [6.07, 6.45) is -0.301. The standard InChI is InChI=1S/C14H15N5/c1-19-12(15)10-7-8-11(9-5-3-2-4-6-9)17-13(10)18-14(19)16/h2-8,12H,15H2,1H3,(H2,16,17,18). The van der Waals surface area contributed by atoms with E-state index in [1.54, 1.807) is 4.90 Å². The number of aromatic nitrogens is 1. The average molecular weight is 253 g/mol. The third kappa shape index (κ3) is 1.94. The summed E-state index contributed by atoms with van der Waals surface area (Å²) in [7, 11) is 1.82. The van der Waals surface area contributed by atoms with E-state index in [9.17, 15) is 0 Å². The molecule has 5 heteroatoms. The summed E-state index contributed by atoms with van der Waals surface area (Å²) in [6.45, 7) is 0. The van der Waals surface area contributed by atoms with Crippen LogP contribution in [0.25, 0.3) is 11.3 Å². The molecule has 1 aromatic heterocycles. The smallest absolute Gasteiger partial charge is 0.199 e. The molecule has 1 unspecified atom stereocenters. The monoisotopic (exact) mass is 253 g/mol. The number of guanidine groups is 1. The van der Waals surface area contributed by atoms with Crippen molar-refractivity contribution in [1.82, 2.24) is 9.88 Å². The lowest BCUT2D eigenvalue weighted by Gasteiger charge is -2.30. The molecule has 2 aromatic rings. The van der Waals surface area contributed by atoms with Crippen molar-refractivity contribution in [2.45, 2.75) is 6.17 Å². The van der Waals surface area contributed by atoms with Crippen molar-refractivity contribution in [3.8, 4) is 11.3 Å². The molecule has 0 aliphatic carbocycles. The molecule has 2 heterocycles. The fraction of sp³-hybridized carbons (Fsp3) is 0.143. The highest BCUT2D eigenvalue weighted by Gasteiger charge is 2.23. The van der Waals surface area contributed by atoms with Crippen LogP contribution in [-0.4, -0.2) is 22.9 Å². The number of hydrogen-bond acceptors (Lipinski definition) is 5. The number of pyridine rings is 1. The lowest BCUT2D eigenvalue weighted by atomic mass is 10.1. The van der Waals surface area contributed by atoms with Crippen LogP contribution in [0.1, 0.15) is 11.7 Å². The van der Waals surface area contributed by atoms with Crippen molar-refractivity contribution in [1.29, 1.82) is 0 Å². The van der Waals surface area contributed by atoms with Crippen LogP contribution in [0.2, 0.25) is 0 Å². The minimum absolute atomic E-state index is 0.301. The molecular formula is C14H15N5. The highest BCUT2D eigenvalue weighted by molar-refractivity contribution is 5.83. The molecule has 3 rings (SSSR count). The SMILES string of the molecule is CN1C(N)=Nc2nc(-c3ccccc3)ccc2C1N. The predicted molar refractivity (Wildman–Crippen MR) is 75.6 cm³/mol. The highest BCUT2D eigenvalue weighted by Crippen LogP contribution is 2.30. The predicted octanol–water partition coefficient (Wildman–Crippen LogP) is 1.60. The molecule has 0 radical (unpaired) electrons. The lowest BCUT2D eigenvalue weighted by molar-refractivity contribution is 0.374. The number of nitrogens with zero attached hydrogens (tertiary/aromatic N) is 3. The number of benzene rings is 1. The summed E-state index contributed by atoms with van der Waals surface area (Å²) < 4.78 is 0. The van der Waals surface area contributed by atoms with Crippen LogP contribution in [0, 0.1) is 0 Å². The molecule has 0 fully saturated rings. The van der Waals surface area contributed by atoms with E-state index in [-0.39, 0.29) is 6.17 Å². The van der Waals surface area contributed by atoms with Crippen LogP contribution >= 0.6 is 0 Å². The highest BCUT2D eigenvalue weighted by atomic mass is 15.3. The van der Waals surface area contributed by atoms with Crippen molar-refractivity contribution >= 4 is 11.8 Å². The normalized spacial score (nSPS) is 17.9. The van der Waals surface area contributed by atoms with E-state index in [1.165, 1.54) is 0 Å². The van der Waals surface area contributed by atoms with Gasteiger partial charge in [-0.25, -0.2) is 4.98 Å². The van der Waals surface area contributed by atoms with Gasteiger partial charge in [0.05, 0.1) is 5.69 Å². The fourth-order valence-corrected chi connectivity index (χ4v) is 2.09. The molecule has 0 saturated carbocycles. The summed E-state index contributed by atoms with van der Waals surface area (Å²) >= 11 is 0. The van der Waals surface area contributed by atoms with Crippen LogP contribution in [0.4, 0.5) is 5.82 Å². The quantitative estimate of drug-likeness (QED) is 0.809. The van der Waals surface area contributed by atoms with Crippen LogP contribution in [0.5, 0.6) is 0 Å². The maximum Gasteiger partial charge on any atom is 0.199 e. The van der Waals surface area contributed by atoms with E-state index >= 15 is 0 Å². The van der Waals surface area contributed by atoms with Crippen molar-refractivity contribution in [2.75, 3.05) is 7.05 Å². The van der Waals surface area contributed by atoms with Gasteiger partial charge in [-0.2, -0.15) is 4.99 Å². The van der Waals surface area contributed by atoms with Gasteiger partial charge in [-0.15, -0.1) is 0 Å². The third-order valence-corrected chi connectivity index (χ3v) is 3.29. The molecule has 0 bridgehead atoms. The molecule has 0 saturated heterocycles. The summed E-state index contributed by atoms with van der Waals surface area (Å²) in [5.74, 6) is 0.988. The van der Waals surface area contributed by atoms with Gasteiger partial charge in [0.1, 0.15) is 6.17 Å². The Morgan fingerprint density at radius 2 is 1.84 bits per heavy atom. The second kappa shape index (κ2) is 4.37. The molecule has 96 valence electrons. The van der Waals surface area contributed by atoms with Gasteiger partial charge in [0.15, 0.2) is 11.8 Å². The Hall–Kier alpha value is -2.40. The number of nitrogens with two attached hydrogens (primary N) is 2. The van der Waals surface area contributed by atoms with Gasteiger partial charge in [-0.3, -0.25) is 0 Å². The van der Waals surface area contributed by atoms with E-state index in [0.717, 1.165) is 16.8 Å². The molecular weight excluding hydrogens is 238 g/mol. The number of fused-ring (bicyclic) bond motifs is 1. The molecule has 4 N–H and O–H groups in total. The molecule has 5 nitrogen and oxygen atoms in total. The average Bonchev–Trinajstić information content (AvgIpc) is 2.45.